The molecule has 0 saturated heterocycles. The lowest BCUT2D eigenvalue weighted by Gasteiger charge is -2.16. The highest BCUT2D eigenvalue weighted by Crippen LogP contribution is 2.32. The third-order valence-electron chi connectivity index (χ3n) is 6.28. The molecule has 3 aromatic carbocycles. The first-order valence-corrected chi connectivity index (χ1v) is 12.1. The van der Waals surface area contributed by atoms with Gasteiger partial charge in [0.05, 0.1) is 42.5 Å². The maximum atomic E-state index is 13.1. The number of rotatable bonds is 7. The molecule has 0 unspecified atom stereocenters. The summed E-state index contributed by atoms with van der Waals surface area (Å²) < 4.78 is 13.3. The van der Waals surface area contributed by atoms with Crippen molar-refractivity contribution in [1.29, 1.82) is 0 Å². The summed E-state index contributed by atoms with van der Waals surface area (Å²) in [6, 6.07) is 19.9. The lowest BCUT2D eigenvalue weighted by atomic mass is 9.96. The standard InChI is InChI=1S/C29H29N3O3/c1-3-15-35-29-10-5-4-7-22(29)24-8-6-9-28(33)23-16-27-26(17-25(23)31-24)30-19-32(27)18-20-11-13-21(34-2)14-12-20/h4-5,7,10-14,16-17,19H,3,6,8-9,15,18H2,1-2H3. The minimum atomic E-state index is 0.123. The molecule has 1 aliphatic heterocycles. The summed E-state index contributed by atoms with van der Waals surface area (Å²) in [5.74, 6) is 1.79. The Morgan fingerprint density at radius 2 is 1.83 bits per heavy atom. The predicted octanol–water partition coefficient (Wildman–Crippen LogP) is 6.37. The van der Waals surface area contributed by atoms with Crippen molar-refractivity contribution < 1.29 is 14.3 Å². The van der Waals surface area contributed by atoms with Gasteiger partial charge in [-0.1, -0.05) is 31.2 Å². The fraction of sp³-hybridized carbons (Fsp3) is 0.276. The van der Waals surface area contributed by atoms with E-state index in [0.717, 1.165) is 58.6 Å². The Balaban J connectivity index is 1.54. The lowest BCUT2D eigenvalue weighted by molar-refractivity contribution is 0.0981. The average Bonchev–Trinajstić information content (AvgIpc) is 3.27. The molecule has 6 nitrogen and oxygen atoms in total. The summed E-state index contributed by atoms with van der Waals surface area (Å²) in [4.78, 5) is 22.7. The first-order valence-electron chi connectivity index (χ1n) is 12.1. The third-order valence-corrected chi connectivity index (χ3v) is 6.28. The molecule has 0 saturated carbocycles. The maximum Gasteiger partial charge on any atom is 0.165 e. The first kappa shape index (κ1) is 22.8. The number of para-hydroxylation sites is 1. The number of ketones is 1. The van der Waals surface area contributed by atoms with Gasteiger partial charge in [0.2, 0.25) is 0 Å². The quantitative estimate of drug-likeness (QED) is 0.317. The normalized spacial score (nSPS) is 13.7. The Kier molecular flexibility index (Phi) is 6.62. The Bertz CT molecular complexity index is 1390. The molecule has 178 valence electrons. The smallest absolute Gasteiger partial charge is 0.165 e. The molecule has 0 amide bonds. The zero-order valence-electron chi connectivity index (χ0n) is 20.2. The fourth-order valence-electron chi connectivity index (χ4n) is 4.45. The van der Waals surface area contributed by atoms with E-state index in [9.17, 15) is 4.79 Å². The minimum absolute atomic E-state index is 0.123. The van der Waals surface area contributed by atoms with Crippen LogP contribution in [-0.2, 0) is 6.54 Å². The number of carbonyl (C=O) groups is 1. The summed E-state index contributed by atoms with van der Waals surface area (Å²) in [5, 5.41) is 0. The molecule has 4 aromatic rings. The SMILES string of the molecule is CCCOc1ccccc1C1=Nc2cc3ncn(Cc4ccc(OC)cc4)c3cc2C(=O)CCC1. The number of Topliss-reactive ketones (excluding diaryl/α,β-unsaturated/α-hetero) is 1. The highest BCUT2D eigenvalue weighted by Gasteiger charge is 2.20. The van der Waals surface area contributed by atoms with Crippen LogP contribution in [0.1, 0.15) is 54.1 Å². The summed E-state index contributed by atoms with van der Waals surface area (Å²) >= 11 is 0. The van der Waals surface area contributed by atoms with E-state index in [-0.39, 0.29) is 5.78 Å². The third kappa shape index (κ3) is 4.83. The largest absolute Gasteiger partial charge is 0.497 e. The van der Waals surface area contributed by atoms with E-state index in [1.807, 2.05) is 60.9 Å². The van der Waals surface area contributed by atoms with Crippen LogP contribution in [0.4, 0.5) is 5.69 Å². The second-order valence-corrected chi connectivity index (χ2v) is 8.76. The van der Waals surface area contributed by atoms with Crippen molar-refractivity contribution in [2.75, 3.05) is 13.7 Å². The van der Waals surface area contributed by atoms with E-state index in [1.165, 1.54) is 0 Å². The van der Waals surface area contributed by atoms with Crippen LogP contribution in [0.2, 0.25) is 0 Å². The molecule has 0 N–H and O–H groups in total. The first-order chi connectivity index (χ1) is 17.2. The Labute approximate surface area is 205 Å². The predicted molar refractivity (Wildman–Crippen MR) is 138 cm³/mol. The number of methoxy groups -OCH3 is 1. The average molecular weight is 468 g/mol. The summed E-state index contributed by atoms with van der Waals surface area (Å²) in [6.45, 7) is 3.41. The van der Waals surface area contributed by atoms with E-state index < -0.39 is 0 Å². The number of aliphatic imine (C=N–C) groups is 1. The van der Waals surface area contributed by atoms with Crippen LogP contribution in [-0.4, -0.2) is 34.8 Å². The van der Waals surface area contributed by atoms with Crippen molar-refractivity contribution in [3.05, 3.63) is 83.7 Å². The van der Waals surface area contributed by atoms with Gasteiger partial charge in [0, 0.05) is 24.1 Å². The molecule has 6 heteroatoms. The van der Waals surface area contributed by atoms with Crippen LogP contribution < -0.4 is 9.47 Å². The molecular formula is C29H29N3O3. The number of imidazole rings is 1. The van der Waals surface area contributed by atoms with E-state index in [0.29, 0.717) is 30.8 Å². The van der Waals surface area contributed by atoms with Gasteiger partial charge in [-0.25, -0.2) is 4.98 Å². The molecule has 1 aromatic heterocycles. The van der Waals surface area contributed by atoms with Crippen LogP contribution in [0.25, 0.3) is 11.0 Å². The van der Waals surface area contributed by atoms with Gasteiger partial charge in [0.25, 0.3) is 0 Å². The molecule has 0 spiro atoms. The Hall–Kier alpha value is -3.93. The molecular weight excluding hydrogens is 438 g/mol. The number of nitrogens with zero attached hydrogens (tertiary/aromatic N) is 3. The molecule has 5 rings (SSSR count). The van der Waals surface area contributed by atoms with E-state index >= 15 is 0 Å². The van der Waals surface area contributed by atoms with E-state index in [4.69, 9.17) is 14.5 Å². The van der Waals surface area contributed by atoms with Gasteiger partial charge in [-0.3, -0.25) is 9.79 Å². The van der Waals surface area contributed by atoms with Crippen molar-refractivity contribution in [3.63, 3.8) is 0 Å². The number of aromatic nitrogens is 2. The number of hydrogen-bond donors (Lipinski definition) is 0. The second-order valence-electron chi connectivity index (χ2n) is 8.76. The van der Waals surface area contributed by atoms with Gasteiger partial charge in [0.15, 0.2) is 5.78 Å². The number of fused-ring (bicyclic) bond motifs is 2. The number of hydrogen-bond acceptors (Lipinski definition) is 5. The minimum Gasteiger partial charge on any atom is -0.497 e. The van der Waals surface area contributed by atoms with Crippen LogP contribution in [0, 0.1) is 0 Å². The molecule has 1 aliphatic rings. The van der Waals surface area contributed by atoms with Gasteiger partial charge >= 0.3 is 0 Å². The van der Waals surface area contributed by atoms with Gasteiger partial charge in [-0.2, -0.15) is 0 Å². The van der Waals surface area contributed by atoms with Crippen molar-refractivity contribution >= 4 is 28.2 Å². The molecule has 0 atom stereocenters. The summed E-state index contributed by atoms with van der Waals surface area (Å²) in [7, 11) is 1.66. The Morgan fingerprint density at radius 3 is 2.63 bits per heavy atom. The van der Waals surface area contributed by atoms with Crippen molar-refractivity contribution in [1.82, 2.24) is 9.55 Å². The molecule has 0 aliphatic carbocycles. The van der Waals surface area contributed by atoms with Gasteiger partial charge in [0.1, 0.15) is 11.5 Å². The van der Waals surface area contributed by atoms with Crippen LogP contribution >= 0.6 is 0 Å². The van der Waals surface area contributed by atoms with E-state index in [1.54, 1.807) is 7.11 Å². The lowest BCUT2D eigenvalue weighted by Crippen LogP contribution is -2.10. The zero-order valence-corrected chi connectivity index (χ0v) is 20.2. The van der Waals surface area contributed by atoms with Crippen LogP contribution in [0.3, 0.4) is 0 Å². The summed E-state index contributed by atoms with van der Waals surface area (Å²) in [5.41, 5.74) is 6.15. The van der Waals surface area contributed by atoms with Crippen molar-refractivity contribution in [3.8, 4) is 11.5 Å². The molecule has 2 heterocycles. The molecule has 0 bridgehead atoms. The van der Waals surface area contributed by atoms with Gasteiger partial charge in [-0.15, -0.1) is 0 Å². The second kappa shape index (κ2) is 10.1. The number of benzene rings is 3. The van der Waals surface area contributed by atoms with Crippen molar-refractivity contribution in [2.45, 2.75) is 39.2 Å². The van der Waals surface area contributed by atoms with Crippen molar-refractivity contribution in [2.24, 2.45) is 4.99 Å². The highest BCUT2D eigenvalue weighted by molar-refractivity contribution is 6.10. The monoisotopic (exact) mass is 467 g/mol. The molecule has 35 heavy (non-hydrogen) atoms. The Morgan fingerprint density at radius 1 is 1.00 bits per heavy atom. The van der Waals surface area contributed by atoms with Gasteiger partial charge in [-0.05, 0) is 61.2 Å². The van der Waals surface area contributed by atoms with Crippen LogP contribution in [0.15, 0.2) is 72.0 Å². The van der Waals surface area contributed by atoms with E-state index in [2.05, 4.69) is 22.5 Å². The number of ether oxygens (including phenoxy) is 2. The topological polar surface area (TPSA) is 65.7 Å². The zero-order chi connectivity index (χ0) is 24.2. The molecule has 0 fully saturated rings. The fourth-order valence-corrected chi connectivity index (χ4v) is 4.45. The summed E-state index contributed by atoms with van der Waals surface area (Å²) in [6.07, 6.45) is 4.73. The molecule has 0 radical (unpaired) electrons. The maximum absolute atomic E-state index is 13.1. The number of carbonyl (C=O) groups excluding carboxylic acids is 1. The van der Waals surface area contributed by atoms with Crippen LogP contribution in [0.5, 0.6) is 11.5 Å². The highest BCUT2D eigenvalue weighted by atomic mass is 16.5. The van der Waals surface area contributed by atoms with Gasteiger partial charge < -0.3 is 14.0 Å².